The van der Waals surface area contributed by atoms with Gasteiger partial charge in [-0.1, -0.05) is 0 Å². The Kier molecular flexibility index (Phi) is 7.90. The van der Waals surface area contributed by atoms with E-state index in [0.717, 1.165) is 3.93 Å². The number of hydrogen-bond acceptors (Lipinski definition) is 0. The molecule has 0 nitrogen and oxygen atoms in total. The van der Waals surface area contributed by atoms with Crippen LogP contribution in [0.2, 0.25) is 17.2 Å². The standard InChI is InChI=1S/C4H5.3C4H9.Sn/c1-2-4-3-1;3*1-3-4-2;/h1-3H,4H2;3*1,3-4H2,2H3;. The van der Waals surface area contributed by atoms with Gasteiger partial charge in [0.05, 0.1) is 0 Å². The summed E-state index contributed by atoms with van der Waals surface area (Å²) in [6, 6.07) is 0. The summed E-state index contributed by atoms with van der Waals surface area (Å²) in [5.74, 6) is 0. The van der Waals surface area contributed by atoms with Crippen LogP contribution in [0.1, 0.15) is 65.7 Å². The van der Waals surface area contributed by atoms with Crippen molar-refractivity contribution in [2.24, 2.45) is 0 Å². The van der Waals surface area contributed by atoms with Crippen molar-refractivity contribution >= 4 is 18.4 Å². The first-order valence-electron chi connectivity index (χ1n) is 7.95. The fourth-order valence-electron chi connectivity index (χ4n) is 3.24. The van der Waals surface area contributed by atoms with E-state index in [4.69, 9.17) is 0 Å². The van der Waals surface area contributed by atoms with E-state index in [-0.39, 0.29) is 0 Å². The van der Waals surface area contributed by atoms with Crippen LogP contribution in [-0.2, 0) is 0 Å². The molecule has 0 N–H and O–H groups in total. The number of hydrogen-bond donors (Lipinski definition) is 0. The topological polar surface area (TPSA) is 0 Å². The van der Waals surface area contributed by atoms with E-state index in [2.05, 4.69) is 32.9 Å². The molecule has 0 radical (unpaired) electrons. The normalized spacial score (nSPS) is 19.4. The van der Waals surface area contributed by atoms with Gasteiger partial charge in [-0.25, -0.2) is 0 Å². The molecule has 0 fully saturated rings. The Morgan fingerprint density at radius 3 is 1.53 bits per heavy atom. The Hall–Kier alpha value is 0.539. The molecule has 0 heterocycles. The van der Waals surface area contributed by atoms with Gasteiger partial charge in [0, 0.05) is 0 Å². The van der Waals surface area contributed by atoms with Gasteiger partial charge < -0.3 is 0 Å². The van der Waals surface area contributed by atoms with Crippen molar-refractivity contribution < 1.29 is 0 Å². The van der Waals surface area contributed by atoms with Crippen LogP contribution < -0.4 is 0 Å². The predicted octanol–water partition coefficient (Wildman–Crippen LogP) is 6.17. The third-order valence-electron chi connectivity index (χ3n) is 4.63. The van der Waals surface area contributed by atoms with Gasteiger partial charge in [0.1, 0.15) is 0 Å². The van der Waals surface area contributed by atoms with E-state index in [1.54, 1.807) is 13.3 Å². The van der Waals surface area contributed by atoms with Crippen LogP contribution in [0.5, 0.6) is 0 Å². The molecular weight excluding hydrogens is 311 g/mol. The maximum absolute atomic E-state index is 2.59. The van der Waals surface area contributed by atoms with Crippen LogP contribution >= 0.6 is 0 Å². The van der Waals surface area contributed by atoms with Crippen LogP contribution in [0.25, 0.3) is 0 Å². The fourth-order valence-corrected chi connectivity index (χ4v) is 21.0. The molecule has 0 aromatic carbocycles. The van der Waals surface area contributed by atoms with Crippen molar-refractivity contribution in [3.63, 3.8) is 0 Å². The summed E-state index contributed by atoms with van der Waals surface area (Å²) in [6.45, 7) is 7.10. The Bertz CT molecular complexity index is 198. The molecule has 0 aliphatic heterocycles. The Morgan fingerprint density at radius 2 is 1.29 bits per heavy atom. The van der Waals surface area contributed by atoms with Crippen LogP contribution in [0.15, 0.2) is 12.2 Å². The minimum absolute atomic E-state index is 1.12. The second-order valence-corrected chi connectivity index (χ2v) is 20.1. The molecule has 0 bridgehead atoms. The molecule has 1 aliphatic carbocycles. The zero-order valence-electron chi connectivity index (χ0n) is 12.3. The van der Waals surface area contributed by atoms with Crippen molar-refractivity contribution in [1.29, 1.82) is 0 Å². The van der Waals surface area contributed by atoms with Gasteiger partial charge in [0.25, 0.3) is 0 Å². The SMILES string of the molecule is CCC[CH2][Sn]([CH2]CCC)([CH2]CCC)[CH]1C=CC1. The van der Waals surface area contributed by atoms with E-state index in [9.17, 15) is 0 Å². The molecule has 0 aromatic heterocycles. The molecule has 17 heavy (non-hydrogen) atoms. The molecule has 1 heteroatoms. The Labute approximate surface area is 113 Å². The number of unbranched alkanes of at least 4 members (excludes halogenated alkanes) is 3. The summed E-state index contributed by atoms with van der Waals surface area (Å²) in [4.78, 5) is 0. The summed E-state index contributed by atoms with van der Waals surface area (Å²) in [6.07, 6.45) is 15.3. The Morgan fingerprint density at radius 1 is 0.882 bits per heavy atom. The molecule has 100 valence electrons. The van der Waals surface area contributed by atoms with E-state index in [1.807, 2.05) is 0 Å². The molecule has 0 spiro atoms. The summed E-state index contributed by atoms with van der Waals surface area (Å²) >= 11 is -1.79. The van der Waals surface area contributed by atoms with Crippen molar-refractivity contribution in [3.8, 4) is 0 Å². The molecule has 0 amide bonds. The van der Waals surface area contributed by atoms with Crippen LogP contribution in [0.4, 0.5) is 0 Å². The third kappa shape index (κ3) is 4.61. The average molecular weight is 343 g/mol. The molecule has 1 unspecified atom stereocenters. The fraction of sp³-hybridized carbons (Fsp3) is 0.875. The van der Waals surface area contributed by atoms with Crippen molar-refractivity contribution in [3.05, 3.63) is 12.2 Å². The van der Waals surface area contributed by atoms with Gasteiger partial charge in [-0.2, -0.15) is 0 Å². The number of allylic oxidation sites excluding steroid dienone is 2. The molecule has 1 rings (SSSR count). The second-order valence-electron chi connectivity index (χ2n) is 5.94. The first kappa shape index (κ1) is 15.6. The zero-order valence-corrected chi connectivity index (χ0v) is 15.2. The molecule has 0 saturated carbocycles. The second kappa shape index (κ2) is 8.61. The molecular formula is C16H32Sn. The van der Waals surface area contributed by atoms with Crippen LogP contribution in [-0.4, -0.2) is 18.4 Å². The monoisotopic (exact) mass is 344 g/mol. The number of rotatable bonds is 10. The van der Waals surface area contributed by atoms with E-state index < -0.39 is 18.4 Å². The predicted molar refractivity (Wildman–Crippen MR) is 82.4 cm³/mol. The van der Waals surface area contributed by atoms with Gasteiger partial charge in [-0.3, -0.25) is 0 Å². The summed E-state index contributed by atoms with van der Waals surface area (Å²) in [5, 5.41) is 0. The summed E-state index contributed by atoms with van der Waals surface area (Å²) in [5.41, 5.74) is 0. The Balaban J connectivity index is 2.63. The van der Waals surface area contributed by atoms with E-state index in [0.29, 0.717) is 0 Å². The van der Waals surface area contributed by atoms with Crippen molar-refractivity contribution in [2.75, 3.05) is 0 Å². The van der Waals surface area contributed by atoms with Gasteiger partial charge in [-0.15, -0.1) is 0 Å². The first-order chi connectivity index (χ1) is 8.29. The van der Waals surface area contributed by atoms with Crippen molar-refractivity contribution in [2.45, 2.75) is 83.0 Å². The quantitative estimate of drug-likeness (QED) is 0.329. The summed E-state index contributed by atoms with van der Waals surface area (Å²) < 4.78 is 6.16. The average Bonchev–Trinajstić information content (AvgIpc) is 2.28. The zero-order chi connectivity index (χ0) is 12.6. The summed E-state index contributed by atoms with van der Waals surface area (Å²) in [7, 11) is 0. The van der Waals surface area contributed by atoms with Gasteiger partial charge in [0.15, 0.2) is 0 Å². The minimum atomic E-state index is -1.79. The third-order valence-corrected chi connectivity index (χ3v) is 21.9. The van der Waals surface area contributed by atoms with Gasteiger partial charge in [-0.05, 0) is 0 Å². The van der Waals surface area contributed by atoms with E-state index >= 15 is 0 Å². The first-order valence-corrected chi connectivity index (χ1v) is 15.7. The van der Waals surface area contributed by atoms with Crippen LogP contribution in [0, 0.1) is 0 Å². The van der Waals surface area contributed by atoms with Crippen LogP contribution in [0.3, 0.4) is 0 Å². The molecule has 0 aromatic rings. The molecule has 0 saturated heterocycles. The van der Waals surface area contributed by atoms with Gasteiger partial charge >= 0.3 is 113 Å². The van der Waals surface area contributed by atoms with Crippen molar-refractivity contribution in [1.82, 2.24) is 0 Å². The van der Waals surface area contributed by atoms with E-state index in [1.165, 1.54) is 44.9 Å². The maximum atomic E-state index is 2.59. The molecule has 1 aliphatic rings. The molecule has 1 atom stereocenters. The van der Waals surface area contributed by atoms with Gasteiger partial charge in [0.2, 0.25) is 0 Å².